The summed E-state index contributed by atoms with van der Waals surface area (Å²) < 4.78 is 26.3. The molecule has 0 aromatic heterocycles. The van der Waals surface area contributed by atoms with Gasteiger partial charge >= 0.3 is 0 Å². The van der Waals surface area contributed by atoms with Crippen LogP contribution < -0.4 is 20.1 Å². The highest BCUT2D eigenvalue weighted by Gasteiger charge is 2.51. The van der Waals surface area contributed by atoms with Crippen LogP contribution in [0.1, 0.15) is 95.3 Å². The third kappa shape index (κ3) is 5.46. The van der Waals surface area contributed by atoms with E-state index in [1.165, 1.54) is 25.7 Å². The van der Waals surface area contributed by atoms with Gasteiger partial charge in [0.1, 0.15) is 5.75 Å². The van der Waals surface area contributed by atoms with E-state index in [1.807, 2.05) is 0 Å². The van der Waals surface area contributed by atoms with Gasteiger partial charge in [-0.3, -0.25) is 9.59 Å². The average Bonchev–Trinajstić information content (AvgIpc) is 3.45. The maximum Gasteiger partial charge on any atom is 0.255 e. The van der Waals surface area contributed by atoms with Gasteiger partial charge in [0.05, 0.1) is 24.7 Å². The molecule has 4 atom stereocenters. The molecule has 4 saturated carbocycles. The van der Waals surface area contributed by atoms with Crippen molar-refractivity contribution in [3.8, 4) is 11.5 Å². The van der Waals surface area contributed by atoms with Gasteiger partial charge in [-0.15, -0.1) is 0 Å². The van der Waals surface area contributed by atoms with Crippen molar-refractivity contribution in [3.63, 3.8) is 0 Å². The molecule has 5 rings (SSSR count). The minimum atomic E-state index is -0.528. The molecule has 0 unspecified atom stereocenters. The van der Waals surface area contributed by atoms with Crippen molar-refractivity contribution < 1.29 is 23.5 Å². The molecule has 0 heterocycles. The molecule has 204 valence electrons. The largest absolute Gasteiger partial charge is 0.496 e. The quantitative estimate of drug-likeness (QED) is 0.471. The van der Waals surface area contributed by atoms with Crippen molar-refractivity contribution in [2.45, 2.75) is 97.1 Å². The number of hydrogen-bond acceptors (Lipinski definition) is 4. The maximum atomic E-state index is 14.9. The first-order valence-electron chi connectivity index (χ1n) is 14.2. The van der Waals surface area contributed by atoms with E-state index in [9.17, 15) is 14.0 Å². The first kappa shape index (κ1) is 26.3. The molecule has 2 amide bonds. The number of amides is 2. The minimum absolute atomic E-state index is 0.0564. The van der Waals surface area contributed by atoms with E-state index in [-0.39, 0.29) is 63.7 Å². The second kappa shape index (κ2) is 10.1. The molecule has 4 fully saturated rings. The van der Waals surface area contributed by atoms with Crippen LogP contribution in [0, 0.1) is 34.4 Å². The normalized spacial score (nSPS) is 29.9. The zero-order chi connectivity index (χ0) is 26.4. The molecule has 37 heavy (non-hydrogen) atoms. The maximum absolute atomic E-state index is 14.9. The second-order valence-corrected chi connectivity index (χ2v) is 13.2. The van der Waals surface area contributed by atoms with Crippen molar-refractivity contribution in [1.82, 2.24) is 10.6 Å². The third-order valence-electron chi connectivity index (χ3n) is 9.85. The summed E-state index contributed by atoms with van der Waals surface area (Å²) in [5.41, 5.74) is 0.736. The fourth-order valence-corrected chi connectivity index (χ4v) is 7.12. The number of hydrogen-bond donors (Lipinski definition) is 2. The highest BCUT2D eigenvalue weighted by atomic mass is 19.1. The molecule has 2 N–H and O–H groups in total. The van der Waals surface area contributed by atoms with E-state index in [0.717, 1.165) is 57.8 Å². The van der Waals surface area contributed by atoms with Gasteiger partial charge in [-0.05, 0) is 86.5 Å². The Morgan fingerprint density at radius 2 is 1.70 bits per heavy atom. The molecule has 0 saturated heterocycles. The standard InChI is InChI=1S/C30H43FN2O4/c1-29(2)12-8-20(9-13-29)37-24-15-21(23(36-4)16-22(24)31)27(34)33-26-19-7-6-18(14-19)25(26)28(35)32-17-30(3)10-5-11-30/h15-16,18-20,25-26H,5-14,17H2,1-4H3,(H,32,35)(H,33,34)/t18-,19+,25+,26-/m1/s1. The molecule has 2 bridgehead atoms. The molecule has 4 aliphatic carbocycles. The number of ether oxygens (including phenoxy) is 2. The molecule has 1 aromatic carbocycles. The Balaban J connectivity index is 1.29. The highest BCUT2D eigenvalue weighted by Crippen LogP contribution is 2.49. The van der Waals surface area contributed by atoms with Crippen molar-refractivity contribution in [3.05, 3.63) is 23.5 Å². The van der Waals surface area contributed by atoms with Gasteiger partial charge in [-0.25, -0.2) is 4.39 Å². The topological polar surface area (TPSA) is 76.7 Å². The van der Waals surface area contributed by atoms with Gasteiger partial charge in [0, 0.05) is 18.7 Å². The van der Waals surface area contributed by atoms with Gasteiger partial charge in [0.25, 0.3) is 5.91 Å². The van der Waals surface area contributed by atoms with Gasteiger partial charge in [0.2, 0.25) is 5.91 Å². The van der Waals surface area contributed by atoms with Crippen LogP contribution >= 0.6 is 0 Å². The Morgan fingerprint density at radius 3 is 2.35 bits per heavy atom. The predicted molar refractivity (Wildman–Crippen MR) is 140 cm³/mol. The Kier molecular flexibility index (Phi) is 7.18. The van der Waals surface area contributed by atoms with Crippen LogP contribution in [0.15, 0.2) is 12.1 Å². The second-order valence-electron chi connectivity index (χ2n) is 13.2. The lowest BCUT2D eigenvalue weighted by Crippen LogP contribution is -2.51. The highest BCUT2D eigenvalue weighted by molar-refractivity contribution is 5.98. The minimum Gasteiger partial charge on any atom is -0.496 e. The lowest BCUT2D eigenvalue weighted by molar-refractivity contribution is -0.128. The van der Waals surface area contributed by atoms with Gasteiger partial charge in [0.15, 0.2) is 11.6 Å². The lowest BCUT2D eigenvalue weighted by Gasteiger charge is -2.39. The summed E-state index contributed by atoms with van der Waals surface area (Å²) in [6, 6.07) is 2.49. The number of carbonyl (C=O) groups excluding carboxylic acids is 2. The average molecular weight is 515 g/mol. The van der Waals surface area contributed by atoms with Crippen LogP contribution in [0.4, 0.5) is 4.39 Å². The van der Waals surface area contributed by atoms with E-state index in [1.54, 1.807) is 0 Å². The molecular formula is C30H43FN2O4. The van der Waals surface area contributed by atoms with E-state index in [0.29, 0.717) is 12.5 Å². The predicted octanol–water partition coefficient (Wildman–Crippen LogP) is 5.63. The van der Waals surface area contributed by atoms with Crippen molar-refractivity contribution >= 4 is 11.8 Å². The SMILES string of the molecule is COc1cc(F)c(OC2CCC(C)(C)CC2)cc1C(=O)N[C@@H]1[C@H]2CC[C@H](C2)[C@@H]1C(=O)NCC1(C)CCC1. The summed E-state index contributed by atoms with van der Waals surface area (Å²) in [5, 5.41) is 6.36. The van der Waals surface area contributed by atoms with Crippen LogP contribution in [0.3, 0.4) is 0 Å². The number of fused-ring (bicyclic) bond motifs is 2. The number of halogens is 1. The van der Waals surface area contributed by atoms with Crippen molar-refractivity contribution in [1.29, 1.82) is 0 Å². The van der Waals surface area contributed by atoms with Gasteiger partial charge < -0.3 is 20.1 Å². The number of rotatable bonds is 8. The summed E-state index contributed by atoms with van der Waals surface area (Å²) in [6.07, 6.45) is 10.2. The zero-order valence-corrected chi connectivity index (χ0v) is 22.8. The first-order chi connectivity index (χ1) is 17.6. The summed E-state index contributed by atoms with van der Waals surface area (Å²) in [5.74, 6) is -0.181. The molecular weight excluding hydrogens is 471 g/mol. The van der Waals surface area contributed by atoms with Crippen LogP contribution in [0.2, 0.25) is 0 Å². The fourth-order valence-electron chi connectivity index (χ4n) is 7.12. The number of nitrogens with one attached hydrogen (secondary N) is 2. The summed E-state index contributed by atoms with van der Waals surface area (Å²) in [6.45, 7) is 7.42. The van der Waals surface area contributed by atoms with Crippen LogP contribution in [0.5, 0.6) is 11.5 Å². The van der Waals surface area contributed by atoms with E-state index in [2.05, 4.69) is 31.4 Å². The number of benzene rings is 1. The van der Waals surface area contributed by atoms with Crippen molar-refractivity contribution in [2.75, 3.05) is 13.7 Å². The zero-order valence-electron chi connectivity index (χ0n) is 22.8. The van der Waals surface area contributed by atoms with E-state index in [4.69, 9.17) is 9.47 Å². The van der Waals surface area contributed by atoms with Crippen LogP contribution in [0.25, 0.3) is 0 Å². The molecule has 4 aliphatic rings. The summed E-state index contributed by atoms with van der Waals surface area (Å²) >= 11 is 0. The monoisotopic (exact) mass is 514 g/mol. The van der Waals surface area contributed by atoms with E-state index < -0.39 is 5.82 Å². The van der Waals surface area contributed by atoms with Crippen LogP contribution in [-0.2, 0) is 4.79 Å². The lowest BCUT2D eigenvalue weighted by atomic mass is 9.70. The Labute approximate surface area is 220 Å². The molecule has 0 radical (unpaired) electrons. The number of methoxy groups -OCH3 is 1. The van der Waals surface area contributed by atoms with Crippen LogP contribution in [-0.4, -0.2) is 37.6 Å². The fraction of sp³-hybridized carbons (Fsp3) is 0.733. The van der Waals surface area contributed by atoms with Gasteiger partial charge in [-0.2, -0.15) is 0 Å². The Hall–Kier alpha value is -2.31. The molecule has 0 spiro atoms. The smallest absolute Gasteiger partial charge is 0.255 e. The summed E-state index contributed by atoms with van der Waals surface area (Å²) in [7, 11) is 1.43. The Morgan fingerprint density at radius 1 is 1.00 bits per heavy atom. The summed E-state index contributed by atoms with van der Waals surface area (Å²) in [4.78, 5) is 26.8. The molecule has 0 aliphatic heterocycles. The molecule has 7 heteroatoms. The molecule has 1 aromatic rings. The van der Waals surface area contributed by atoms with Crippen molar-refractivity contribution in [2.24, 2.45) is 28.6 Å². The van der Waals surface area contributed by atoms with Gasteiger partial charge in [-0.1, -0.05) is 27.2 Å². The Bertz CT molecular complexity index is 1030. The number of carbonyl (C=O) groups is 2. The molecule has 6 nitrogen and oxygen atoms in total. The third-order valence-corrected chi connectivity index (χ3v) is 9.85. The first-order valence-corrected chi connectivity index (χ1v) is 14.2. The van der Waals surface area contributed by atoms with E-state index >= 15 is 0 Å².